The maximum atomic E-state index is 12.4. The monoisotopic (exact) mass is 323 g/mol. The molecular formula is C16H21NO4S. The van der Waals surface area contributed by atoms with E-state index in [9.17, 15) is 9.59 Å². The minimum absolute atomic E-state index is 0.0157. The molecule has 1 saturated carbocycles. The Hall–Kier alpha value is -1.40. The summed E-state index contributed by atoms with van der Waals surface area (Å²) in [7, 11) is 0. The summed E-state index contributed by atoms with van der Waals surface area (Å²) < 4.78 is 10.5. The van der Waals surface area contributed by atoms with E-state index in [0.29, 0.717) is 36.3 Å². The topological polar surface area (TPSA) is 64.6 Å². The van der Waals surface area contributed by atoms with Crippen molar-refractivity contribution in [3.8, 4) is 0 Å². The number of thiophene rings is 1. The first kappa shape index (κ1) is 15.5. The number of anilines is 1. The van der Waals surface area contributed by atoms with Crippen LogP contribution in [0.5, 0.6) is 0 Å². The number of rotatable bonds is 5. The molecule has 2 aliphatic rings. The van der Waals surface area contributed by atoms with Gasteiger partial charge in [0.15, 0.2) is 0 Å². The highest BCUT2D eigenvalue weighted by atomic mass is 32.1. The van der Waals surface area contributed by atoms with Crippen LogP contribution in [0, 0.1) is 5.92 Å². The van der Waals surface area contributed by atoms with Gasteiger partial charge in [0.25, 0.3) is 0 Å². The Balaban J connectivity index is 1.77. The van der Waals surface area contributed by atoms with Crippen molar-refractivity contribution in [2.45, 2.75) is 38.5 Å². The second-order valence-corrected chi connectivity index (χ2v) is 6.65. The molecule has 5 nitrogen and oxygen atoms in total. The molecule has 0 bridgehead atoms. The predicted octanol–water partition coefficient (Wildman–Crippen LogP) is 3.17. The number of carbonyl (C=O) groups excluding carboxylic acids is 2. The summed E-state index contributed by atoms with van der Waals surface area (Å²) in [6, 6.07) is 0. The number of hydrogen-bond donors (Lipinski definition) is 1. The Morgan fingerprint density at radius 3 is 2.68 bits per heavy atom. The summed E-state index contributed by atoms with van der Waals surface area (Å²) >= 11 is 1.43. The Morgan fingerprint density at radius 1 is 1.32 bits per heavy atom. The van der Waals surface area contributed by atoms with Crippen LogP contribution in [0.3, 0.4) is 0 Å². The predicted molar refractivity (Wildman–Crippen MR) is 84.4 cm³/mol. The van der Waals surface area contributed by atoms with Gasteiger partial charge in [-0.15, -0.1) is 11.3 Å². The summed E-state index contributed by atoms with van der Waals surface area (Å²) in [6.45, 7) is 3.38. The van der Waals surface area contributed by atoms with Crippen molar-refractivity contribution >= 4 is 28.2 Å². The second kappa shape index (κ2) is 6.79. The molecule has 0 radical (unpaired) electrons. The molecule has 1 N–H and O–H groups in total. The van der Waals surface area contributed by atoms with Gasteiger partial charge in [0, 0.05) is 19.1 Å². The first-order valence-electron chi connectivity index (χ1n) is 7.87. The van der Waals surface area contributed by atoms with Crippen LogP contribution in [0.25, 0.3) is 0 Å². The molecule has 0 aromatic carbocycles. The van der Waals surface area contributed by atoms with E-state index >= 15 is 0 Å². The fraction of sp³-hybridized carbons (Fsp3) is 0.625. The van der Waals surface area contributed by atoms with E-state index in [1.807, 2.05) is 5.38 Å². The van der Waals surface area contributed by atoms with Gasteiger partial charge in [-0.1, -0.05) is 0 Å². The van der Waals surface area contributed by atoms with Crippen LogP contribution < -0.4 is 5.32 Å². The van der Waals surface area contributed by atoms with Crippen LogP contribution >= 0.6 is 11.3 Å². The van der Waals surface area contributed by atoms with Gasteiger partial charge in [-0.25, -0.2) is 4.79 Å². The van der Waals surface area contributed by atoms with Crippen LogP contribution in [0.4, 0.5) is 5.00 Å². The van der Waals surface area contributed by atoms with Gasteiger partial charge in [-0.3, -0.25) is 4.79 Å². The van der Waals surface area contributed by atoms with Crippen molar-refractivity contribution < 1.29 is 19.1 Å². The number of ether oxygens (including phenoxy) is 2. The van der Waals surface area contributed by atoms with E-state index in [1.54, 1.807) is 6.92 Å². The maximum absolute atomic E-state index is 12.4. The minimum atomic E-state index is -0.326. The fourth-order valence-electron chi connectivity index (χ4n) is 2.75. The molecule has 0 atom stereocenters. The van der Waals surface area contributed by atoms with Gasteiger partial charge < -0.3 is 14.8 Å². The lowest BCUT2D eigenvalue weighted by Crippen LogP contribution is -2.28. The molecule has 2 heterocycles. The lowest BCUT2D eigenvalue weighted by molar-refractivity contribution is -0.122. The number of esters is 1. The van der Waals surface area contributed by atoms with Gasteiger partial charge in [0.2, 0.25) is 5.91 Å². The molecule has 1 aliphatic heterocycles. The van der Waals surface area contributed by atoms with Crippen LogP contribution in [-0.2, 0) is 14.3 Å². The smallest absolute Gasteiger partial charge is 0.341 e. The molecule has 0 unspecified atom stereocenters. The van der Waals surface area contributed by atoms with Crippen molar-refractivity contribution in [2.24, 2.45) is 5.92 Å². The van der Waals surface area contributed by atoms with Gasteiger partial charge >= 0.3 is 5.97 Å². The van der Waals surface area contributed by atoms with Crippen LogP contribution in [0.2, 0.25) is 0 Å². The highest BCUT2D eigenvalue weighted by molar-refractivity contribution is 7.15. The quantitative estimate of drug-likeness (QED) is 0.845. The number of carbonyl (C=O) groups is 2. The highest BCUT2D eigenvalue weighted by Crippen LogP contribution is 2.46. The molecule has 1 amide bonds. The Kier molecular flexibility index (Phi) is 4.78. The molecule has 6 heteroatoms. The highest BCUT2D eigenvalue weighted by Gasteiger charge is 2.33. The summed E-state index contributed by atoms with van der Waals surface area (Å²) in [5.41, 5.74) is 1.60. The molecule has 1 aromatic heterocycles. The maximum Gasteiger partial charge on any atom is 0.341 e. The molecule has 3 rings (SSSR count). The lowest BCUT2D eigenvalue weighted by atomic mass is 9.99. The lowest BCUT2D eigenvalue weighted by Gasteiger charge is -2.21. The van der Waals surface area contributed by atoms with Crippen LogP contribution in [0.1, 0.15) is 54.4 Å². The van der Waals surface area contributed by atoms with Crippen molar-refractivity contribution in [3.63, 3.8) is 0 Å². The summed E-state index contributed by atoms with van der Waals surface area (Å²) in [5, 5.41) is 5.57. The molecular weight excluding hydrogens is 302 g/mol. The van der Waals surface area contributed by atoms with E-state index in [4.69, 9.17) is 9.47 Å². The zero-order valence-electron chi connectivity index (χ0n) is 12.7. The van der Waals surface area contributed by atoms with E-state index in [-0.39, 0.29) is 17.8 Å². The van der Waals surface area contributed by atoms with E-state index in [0.717, 1.165) is 31.2 Å². The third kappa shape index (κ3) is 3.33. The van der Waals surface area contributed by atoms with Gasteiger partial charge in [0.1, 0.15) is 5.00 Å². The normalized spacial score (nSPS) is 19.0. The number of hydrogen-bond acceptors (Lipinski definition) is 5. The van der Waals surface area contributed by atoms with Crippen molar-refractivity contribution in [3.05, 3.63) is 16.5 Å². The number of amides is 1. The van der Waals surface area contributed by atoms with Gasteiger partial charge in [0.05, 0.1) is 12.2 Å². The van der Waals surface area contributed by atoms with Crippen LogP contribution in [-0.4, -0.2) is 31.7 Å². The molecule has 1 aromatic rings. The van der Waals surface area contributed by atoms with Gasteiger partial charge in [-0.2, -0.15) is 0 Å². The zero-order valence-corrected chi connectivity index (χ0v) is 13.5. The van der Waals surface area contributed by atoms with Crippen molar-refractivity contribution in [2.75, 3.05) is 25.1 Å². The Labute approximate surface area is 134 Å². The largest absolute Gasteiger partial charge is 0.462 e. The third-order valence-corrected chi connectivity index (χ3v) is 5.06. The molecule has 120 valence electrons. The Morgan fingerprint density at radius 2 is 2.05 bits per heavy atom. The third-order valence-electron chi connectivity index (χ3n) is 4.15. The zero-order chi connectivity index (χ0) is 15.5. The molecule has 22 heavy (non-hydrogen) atoms. The van der Waals surface area contributed by atoms with Gasteiger partial charge in [-0.05, 0) is 49.5 Å². The Bertz CT molecular complexity index is 558. The summed E-state index contributed by atoms with van der Waals surface area (Å²) in [4.78, 5) is 24.6. The van der Waals surface area contributed by atoms with Crippen molar-refractivity contribution in [1.29, 1.82) is 0 Å². The van der Waals surface area contributed by atoms with Crippen LogP contribution in [0.15, 0.2) is 5.38 Å². The van der Waals surface area contributed by atoms with Crippen molar-refractivity contribution in [1.82, 2.24) is 0 Å². The summed E-state index contributed by atoms with van der Waals surface area (Å²) in [6.07, 6.45) is 3.69. The summed E-state index contributed by atoms with van der Waals surface area (Å²) in [5.74, 6) is 0.0747. The average Bonchev–Trinajstić information content (AvgIpc) is 3.29. The fourth-order valence-corrected chi connectivity index (χ4v) is 3.78. The molecule has 1 aliphatic carbocycles. The first-order chi connectivity index (χ1) is 10.7. The molecule has 2 fully saturated rings. The molecule has 1 saturated heterocycles. The minimum Gasteiger partial charge on any atom is -0.462 e. The standard InChI is InChI=1S/C16H21NO4S/c1-2-21-16(19)13-12(10-3-4-10)9-22-15(13)17-14(18)11-5-7-20-8-6-11/h9-11H,2-8H2,1H3,(H,17,18). The van der Waals surface area contributed by atoms with E-state index in [2.05, 4.69) is 5.32 Å². The number of nitrogens with one attached hydrogen (secondary N) is 1. The van der Waals surface area contributed by atoms with E-state index < -0.39 is 0 Å². The average molecular weight is 323 g/mol. The van der Waals surface area contributed by atoms with E-state index in [1.165, 1.54) is 11.3 Å². The SMILES string of the molecule is CCOC(=O)c1c(C2CC2)csc1NC(=O)C1CCOCC1. The first-order valence-corrected chi connectivity index (χ1v) is 8.75. The second-order valence-electron chi connectivity index (χ2n) is 5.77. The molecule has 0 spiro atoms.